The number of halogens is 2. The van der Waals surface area contributed by atoms with Gasteiger partial charge in [0.25, 0.3) is 15.9 Å². The smallest absolute Gasteiger partial charge is 0.265 e. The van der Waals surface area contributed by atoms with Gasteiger partial charge in [0, 0.05) is 11.0 Å². The Morgan fingerprint density at radius 1 is 1.03 bits per heavy atom. The van der Waals surface area contributed by atoms with Gasteiger partial charge in [0.05, 0.1) is 6.04 Å². The zero-order chi connectivity index (χ0) is 24.3. The summed E-state index contributed by atoms with van der Waals surface area (Å²) >= 11 is 3.18. The second-order valence-corrected chi connectivity index (χ2v) is 10.1. The van der Waals surface area contributed by atoms with E-state index < -0.39 is 40.5 Å². The quantitative estimate of drug-likeness (QED) is 0.510. The van der Waals surface area contributed by atoms with Crippen molar-refractivity contribution < 1.29 is 27.1 Å². The van der Waals surface area contributed by atoms with Gasteiger partial charge in [0.2, 0.25) is 5.91 Å². The van der Waals surface area contributed by atoms with Gasteiger partial charge in [-0.3, -0.25) is 9.59 Å². The zero-order valence-corrected chi connectivity index (χ0v) is 20.1. The fourth-order valence-electron chi connectivity index (χ4n) is 3.76. The van der Waals surface area contributed by atoms with E-state index in [1.54, 1.807) is 54.6 Å². The van der Waals surface area contributed by atoms with Crippen LogP contribution in [0, 0.1) is 5.82 Å². The molecular formula is C24H20BrFN2O5S. The predicted octanol–water partition coefficient (Wildman–Crippen LogP) is 3.56. The second-order valence-electron chi connectivity index (χ2n) is 7.64. The number of carbonyl (C=O) groups excluding carboxylic acids is 2. The number of nitrogens with zero attached hydrogens (tertiary/aromatic N) is 1. The molecule has 1 fully saturated rings. The number of carbonyl (C=O) groups is 2. The van der Waals surface area contributed by atoms with Gasteiger partial charge in [0.15, 0.2) is 6.10 Å². The first-order valence-corrected chi connectivity index (χ1v) is 12.6. The van der Waals surface area contributed by atoms with Crippen LogP contribution in [0.1, 0.15) is 17.2 Å². The van der Waals surface area contributed by atoms with Gasteiger partial charge >= 0.3 is 0 Å². The Morgan fingerprint density at radius 2 is 1.68 bits per heavy atom. The predicted molar refractivity (Wildman–Crippen MR) is 125 cm³/mol. The van der Waals surface area contributed by atoms with E-state index in [4.69, 9.17) is 4.74 Å². The second kappa shape index (κ2) is 10.0. The molecule has 3 aromatic carbocycles. The van der Waals surface area contributed by atoms with Crippen molar-refractivity contribution in [2.45, 2.75) is 23.6 Å². The summed E-state index contributed by atoms with van der Waals surface area (Å²) in [6.45, 7) is -0.319. The molecule has 10 heteroatoms. The van der Waals surface area contributed by atoms with E-state index in [0.717, 1.165) is 0 Å². The summed E-state index contributed by atoms with van der Waals surface area (Å²) in [5, 5.41) is 0. The van der Waals surface area contributed by atoms with Crippen molar-refractivity contribution in [3.05, 3.63) is 100 Å². The highest BCUT2D eigenvalue weighted by Gasteiger charge is 2.43. The summed E-state index contributed by atoms with van der Waals surface area (Å²) in [5.74, 6) is -1.69. The Kier molecular flexibility index (Phi) is 7.11. The summed E-state index contributed by atoms with van der Waals surface area (Å²) in [6, 6.07) is 19.6. The molecule has 0 aliphatic carbocycles. The molecule has 2 amide bonds. The summed E-state index contributed by atoms with van der Waals surface area (Å²) < 4.78 is 47.1. The van der Waals surface area contributed by atoms with Gasteiger partial charge in [-0.2, -0.15) is 0 Å². The van der Waals surface area contributed by atoms with Crippen LogP contribution >= 0.6 is 15.9 Å². The highest BCUT2D eigenvalue weighted by atomic mass is 79.9. The molecule has 3 aromatic rings. The van der Waals surface area contributed by atoms with E-state index in [1.165, 1.54) is 29.2 Å². The number of sulfonamides is 1. The molecule has 1 aliphatic heterocycles. The van der Waals surface area contributed by atoms with Gasteiger partial charge in [-0.15, -0.1) is 0 Å². The lowest BCUT2D eigenvalue weighted by molar-refractivity contribution is -0.164. The molecule has 0 bridgehead atoms. The molecule has 7 nitrogen and oxygen atoms in total. The molecule has 1 aliphatic rings. The number of benzene rings is 3. The number of rotatable bonds is 6. The fourth-order valence-corrected chi connectivity index (χ4v) is 5.76. The third-order valence-corrected chi connectivity index (χ3v) is 7.71. The Hall–Kier alpha value is -3.08. The minimum atomic E-state index is -4.21. The molecule has 2 atom stereocenters. The lowest BCUT2D eigenvalue weighted by Gasteiger charge is -2.40. The van der Waals surface area contributed by atoms with Crippen molar-refractivity contribution in [2.24, 2.45) is 0 Å². The standard InChI is InChI=1S/C24H20BrFN2O5S/c25-19-8-4-5-9-20(19)34(31,32)27-24(30)23-22(17-6-2-1-3-7-17)28(21(29)15-33-23)14-16-10-12-18(26)13-11-16/h1-13,22-23H,14-15H2,(H,27,30)/t22-,23-/m1/s1. The Labute approximate surface area is 204 Å². The highest BCUT2D eigenvalue weighted by molar-refractivity contribution is 9.10. The minimum Gasteiger partial charge on any atom is -0.356 e. The normalized spacial score (nSPS) is 18.5. The lowest BCUT2D eigenvalue weighted by atomic mass is 9.96. The Balaban J connectivity index is 1.67. The van der Waals surface area contributed by atoms with Crippen LogP contribution in [0.4, 0.5) is 4.39 Å². The molecule has 34 heavy (non-hydrogen) atoms. The summed E-state index contributed by atoms with van der Waals surface area (Å²) in [7, 11) is -4.21. The largest absolute Gasteiger partial charge is 0.356 e. The van der Waals surface area contributed by atoms with Crippen molar-refractivity contribution in [1.82, 2.24) is 9.62 Å². The highest BCUT2D eigenvalue weighted by Crippen LogP contribution is 2.32. The van der Waals surface area contributed by atoms with Crippen LogP contribution in [-0.4, -0.2) is 37.8 Å². The number of nitrogens with one attached hydrogen (secondary N) is 1. The van der Waals surface area contributed by atoms with Crippen molar-refractivity contribution in [1.29, 1.82) is 0 Å². The van der Waals surface area contributed by atoms with Crippen LogP contribution in [0.15, 0.2) is 88.2 Å². The van der Waals surface area contributed by atoms with Crippen molar-refractivity contribution in [3.63, 3.8) is 0 Å². The third-order valence-electron chi connectivity index (χ3n) is 5.36. The van der Waals surface area contributed by atoms with Crippen LogP contribution in [0.5, 0.6) is 0 Å². The first-order chi connectivity index (χ1) is 16.3. The topological polar surface area (TPSA) is 92.8 Å². The van der Waals surface area contributed by atoms with Crippen LogP contribution in [0.25, 0.3) is 0 Å². The monoisotopic (exact) mass is 546 g/mol. The van der Waals surface area contributed by atoms with Crippen LogP contribution in [0.2, 0.25) is 0 Å². The first-order valence-electron chi connectivity index (χ1n) is 10.3. The average molecular weight is 547 g/mol. The number of amides is 2. The summed E-state index contributed by atoms with van der Waals surface area (Å²) in [5.41, 5.74) is 1.24. The molecule has 0 spiro atoms. The molecule has 1 heterocycles. The maximum absolute atomic E-state index is 13.4. The van der Waals surface area contributed by atoms with E-state index in [2.05, 4.69) is 20.7 Å². The van der Waals surface area contributed by atoms with Crippen molar-refractivity contribution in [3.8, 4) is 0 Å². The van der Waals surface area contributed by atoms with E-state index in [1.807, 2.05) is 0 Å². The maximum Gasteiger partial charge on any atom is 0.265 e. The van der Waals surface area contributed by atoms with E-state index in [-0.39, 0.29) is 17.3 Å². The SMILES string of the molecule is O=C(NS(=O)(=O)c1ccccc1Br)[C@@H]1OCC(=O)N(Cc2ccc(F)cc2)[C@@H]1c1ccccc1. The van der Waals surface area contributed by atoms with Gasteiger partial charge in [-0.05, 0) is 51.3 Å². The number of hydrogen-bond acceptors (Lipinski definition) is 5. The van der Waals surface area contributed by atoms with Crippen molar-refractivity contribution in [2.75, 3.05) is 6.61 Å². The van der Waals surface area contributed by atoms with Gasteiger partial charge in [0.1, 0.15) is 17.3 Å². The van der Waals surface area contributed by atoms with Gasteiger partial charge in [-0.25, -0.2) is 17.5 Å². The Bertz CT molecular complexity index is 1300. The number of ether oxygens (including phenoxy) is 1. The molecule has 1 saturated heterocycles. The number of hydrogen-bond donors (Lipinski definition) is 1. The minimum absolute atomic E-state index is 0.0861. The average Bonchev–Trinajstić information content (AvgIpc) is 2.82. The van der Waals surface area contributed by atoms with Crippen LogP contribution < -0.4 is 4.72 Å². The molecular weight excluding hydrogens is 527 g/mol. The molecule has 176 valence electrons. The maximum atomic E-state index is 13.4. The van der Waals surface area contributed by atoms with Crippen LogP contribution in [-0.2, 0) is 30.9 Å². The first kappa shape index (κ1) is 24.1. The summed E-state index contributed by atoms with van der Waals surface area (Å²) in [4.78, 5) is 27.4. The lowest BCUT2D eigenvalue weighted by Crippen LogP contribution is -2.54. The third kappa shape index (κ3) is 5.19. The molecule has 0 saturated carbocycles. The molecule has 0 radical (unpaired) electrons. The molecule has 1 N–H and O–H groups in total. The molecule has 0 unspecified atom stereocenters. The molecule has 4 rings (SSSR count). The fraction of sp³-hybridized carbons (Fsp3) is 0.167. The van der Waals surface area contributed by atoms with E-state index in [0.29, 0.717) is 15.6 Å². The van der Waals surface area contributed by atoms with Crippen molar-refractivity contribution >= 4 is 37.8 Å². The number of morpholine rings is 1. The summed E-state index contributed by atoms with van der Waals surface area (Å²) in [6.07, 6.45) is -1.29. The van der Waals surface area contributed by atoms with Crippen LogP contribution in [0.3, 0.4) is 0 Å². The van der Waals surface area contributed by atoms with E-state index in [9.17, 15) is 22.4 Å². The zero-order valence-electron chi connectivity index (χ0n) is 17.7. The molecule has 0 aromatic heterocycles. The van der Waals surface area contributed by atoms with Gasteiger partial charge < -0.3 is 9.64 Å². The van der Waals surface area contributed by atoms with Gasteiger partial charge in [-0.1, -0.05) is 54.6 Å². The Morgan fingerprint density at radius 3 is 2.35 bits per heavy atom. The van der Waals surface area contributed by atoms with E-state index >= 15 is 0 Å².